The number of likely N-dealkylation sites (tertiary alicyclic amines) is 1. The highest BCUT2D eigenvalue weighted by Gasteiger charge is 2.17. The number of nitrogens with one attached hydrogen (secondary N) is 2. The lowest BCUT2D eigenvalue weighted by atomic mass is 9.99. The molecule has 200 valence electrons. The molecule has 0 radical (unpaired) electrons. The van der Waals surface area contributed by atoms with Crippen LogP contribution in [-0.2, 0) is 6.42 Å². The van der Waals surface area contributed by atoms with Gasteiger partial charge in [0, 0.05) is 29.5 Å². The maximum Gasteiger partial charge on any atom is 0.138 e. The van der Waals surface area contributed by atoms with Crippen molar-refractivity contribution in [3.8, 4) is 33.8 Å². The van der Waals surface area contributed by atoms with Crippen LogP contribution in [0.2, 0.25) is 0 Å². The second-order valence-electron chi connectivity index (χ2n) is 10.7. The van der Waals surface area contributed by atoms with Crippen molar-refractivity contribution in [2.24, 2.45) is 0 Å². The van der Waals surface area contributed by atoms with Crippen molar-refractivity contribution in [3.05, 3.63) is 84.1 Å². The number of aromatic nitrogens is 6. The van der Waals surface area contributed by atoms with E-state index in [1.807, 2.05) is 43.6 Å². The molecule has 1 saturated heterocycles. The lowest BCUT2D eigenvalue weighted by Gasteiger charge is -2.14. The standard InChI is InChI=1S/C32H30FN7/c1-20-13-23(19-34-18-20)27-6-7-28-30(36-27)31(39-38-28)29-17-26-25(8-9-35-32(26)37-29)22-14-21(15-24(33)16-22)5-4-12-40-10-2-3-11-40/h6-9,13-19H,2-5,10-12H2,1H3,(H,35,37)(H,38,39). The van der Waals surface area contributed by atoms with Crippen molar-refractivity contribution in [2.45, 2.75) is 32.6 Å². The third kappa shape index (κ3) is 4.75. The Hall–Kier alpha value is -4.43. The third-order valence-electron chi connectivity index (χ3n) is 7.77. The molecule has 1 fully saturated rings. The van der Waals surface area contributed by atoms with Gasteiger partial charge in [0.05, 0.1) is 16.9 Å². The number of rotatable bonds is 7. The number of halogens is 1. The SMILES string of the molecule is Cc1cncc(-c2ccc3[nH]nc(-c4cc5c(-c6cc(F)cc(CCCN7CCCC7)c6)ccnc5[nH]4)c3n2)c1. The number of hydrogen-bond acceptors (Lipinski definition) is 5. The van der Waals surface area contributed by atoms with E-state index in [0.29, 0.717) is 5.69 Å². The number of hydrogen-bond donors (Lipinski definition) is 2. The normalized spacial score (nSPS) is 14.1. The van der Waals surface area contributed by atoms with Crippen LogP contribution in [0.4, 0.5) is 4.39 Å². The van der Waals surface area contributed by atoms with Crippen LogP contribution < -0.4 is 0 Å². The van der Waals surface area contributed by atoms with E-state index in [-0.39, 0.29) is 5.82 Å². The number of aryl methyl sites for hydroxylation is 2. The van der Waals surface area contributed by atoms with Crippen molar-refractivity contribution in [3.63, 3.8) is 0 Å². The molecule has 0 amide bonds. The molecule has 2 N–H and O–H groups in total. The number of fused-ring (bicyclic) bond motifs is 2. The first-order valence-electron chi connectivity index (χ1n) is 13.9. The van der Waals surface area contributed by atoms with Crippen molar-refractivity contribution in [2.75, 3.05) is 19.6 Å². The van der Waals surface area contributed by atoms with Gasteiger partial charge in [-0.1, -0.05) is 6.07 Å². The minimum absolute atomic E-state index is 0.213. The van der Waals surface area contributed by atoms with Gasteiger partial charge in [-0.25, -0.2) is 14.4 Å². The lowest BCUT2D eigenvalue weighted by Crippen LogP contribution is -2.20. The van der Waals surface area contributed by atoms with Gasteiger partial charge in [-0.3, -0.25) is 10.1 Å². The first kappa shape index (κ1) is 24.6. The molecule has 1 aliphatic heterocycles. The fourth-order valence-electron chi connectivity index (χ4n) is 5.81. The van der Waals surface area contributed by atoms with E-state index in [1.54, 1.807) is 18.3 Å². The monoisotopic (exact) mass is 531 g/mol. The van der Waals surface area contributed by atoms with Gasteiger partial charge < -0.3 is 9.88 Å². The Morgan fingerprint density at radius 3 is 2.75 bits per heavy atom. The van der Waals surface area contributed by atoms with Gasteiger partial charge in [-0.15, -0.1) is 0 Å². The van der Waals surface area contributed by atoms with Gasteiger partial charge >= 0.3 is 0 Å². The molecular formula is C32H30FN7. The molecule has 6 aromatic rings. The largest absolute Gasteiger partial charge is 0.338 e. The summed E-state index contributed by atoms with van der Waals surface area (Å²) in [4.78, 5) is 19.7. The van der Waals surface area contributed by atoms with Crippen LogP contribution >= 0.6 is 0 Å². The molecule has 0 spiro atoms. The van der Waals surface area contributed by atoms with Gasteiger partial charge in [-0.05, 0) is 117 Å². The van der Waals surface area contributed by atoms with E-state index in [0.717, 1.165) is 80.7 Å². The second kappa shape index (κ2) is 10.3. The fourth-order valence-corrected chi connectivity index (χ4v) is 5.81. The predicted molar refractivity (Wildman–Crippen MR) is 156 cm³/mol. The van der Waals surface area contributed by atoms with Gasteiger partial charge in [0.1, 0.15) is 22.7 Å². The first-order valence-corrected chi connectivity index (χ1v) is 13.9. The minimum atomic E-state index is -0.213. The summed E-state index contributed by atoms with van der Waals surface area (Å²) in [6.07, 6.45) is 9.88. The van der Waals surface area contributed by atoms with Gasteiger partial charge in [-0.2, -0.15) is 5.10 Å². The van der Waals surface area contributed by atoms with E-state index in [1.165, 1.54) is 25.9 Å². The molecule has 0 aliphatic carbocycles. The Kier molecular flexibility index (Phi) is 6.32. The van der Waals surface area contributed by atoms with Crippen LogP contribution in [0.3, 0.4) is 0 Å². The summed E-state index contributed by atoms with van der Waals surface area (Å²) in [5.41, 5.74) is 9.52. The van der Waals surface area contributed by atoms with Gasteiger partial charge in [0.25, 0.3) is 0 Å². The molecule has 1 aliphatic rings. The summed E-state index contributed by atoms with van der Waals surface area (Å²) in [5, 5.41) is 8.60. The zero-order chi connectivity index (χ0) is 27.1. The highest BCUT2D eigenvalue weighted by Crippen LogP contribution is 2.34. The molecule has 7 rings (SSSR count). The molecule has 0 bridgehead atoms. The number of aromatic amines is 2. The van der Waals surface area contributed by atoms with Crippen LogP contribution in [0.1, 0.15) is 30.4 Å². The Balaban J connectivity index is 1.23. The molecule has 40 heavy (non-hydrogen) atoms. The van der Waals surface area contributed by atoms with Crippen LogP contribution in [0, 0.1) is 12.7 Å². The zero-order valence-corrected chi connectivity index (χ0v) is 22.4. The molecule has 7 nitrogen and oxygen atoms in total. The summed E-state index contributed by atoms with van der Waals surface area (Å²) in [6.45, 7) is 5.46. The summed E-state index contributed by atoms with van der Waals surface area (Å²) >= 11 is 0. The van der Waals surface area contributed by atoms with E-state index in [2.05, 4.69) is 42.2 Å². The summed E-state index contributed by atoms with van der Waals surface area (Å²) in [6, 6.07) is 15.4. The summed E-state index contributed by atoms with van der Waals surface area (Å²) in [5.74, 6) is -0.213. The summed E-state index contributed by atoms with van der Waals surface area (Å²) < 4.78 is 14.8. The van der Waals surface area contributed by atoms with E-state index in [9.17, 15) is 4.39 Å². The van der Waals surface area contributed by atoms with Crippen molar-refractivity contribution >= 4 is 22.1 Å². The van der Waals surface area contributed by atoms with E-state index < -0.39 is 0 Å². The molecular weight excluding hydrogens is 501 g/mol. The Morgan fingerprint density at radius 2 is 1.88 bits per heavy atom. The summed E-state index contributed by atoms with van der Waals surface area (Å²) in [7, 11) is 0. The Labute approximate surface area is 231 Å². The highest BCUT2D eigenvalue weighted by molar-refractivity contribution is 5.99. The van der Waals surface area contributed by atoms with Crippen molar-refractivity contribution in [1.82, 2.24) is 35.0 Å². The minimum Gasteiger partial charge on any atom is -0.338 e. The average Bonchev–Trinajstić information content (AvgIpc) is 3.72. The maximum atomic E-state index is 14.8. The molecule has 1 aromatic carbocycles. The third-order valence-corrected chi connectivity index (χ3v) is 7.77. The zero-order valence-electron chi connectivity index (χ0n) is 22.4. The van der Waals surface area contributed by atoms with Crippen LogP contribution in [0.5, 0.6) is 0 Å². The Bertz CT molecular complexity index is 1830. The molecule has 8 heteroatoms. The molecule has 5 aromatic heterocycles. The number of pyridine rings is 3. The Morgan fingerprint density at radius 1 is 0.975 bits per heavy atom. The fraction of sp³-hybridized carbons (Fsp3) is 0.250. The second-order valence-corrected chi connectivity index (χ2v) is 10.7. The number of nitrogens with zero attached hydrogens (tertiary/aromatic N) is 5. The number of benzene rings is 1. The van der Waals surface area contributed by atoms with Crippen LogP contribution in [0.25, 0.3) is 55.8 Å². The average molecular weight is 532 g/mol. The van der Waals surface area contributed by atoms with Crippen LogP contribution in [0.15, 0.2) is 67.1 Å². The van der Waals surface area contributed by atoms with Crippen molar-refractivity contribution < 1.29 is 4.39 Å². The predicted octanol–water partition coefficient (Wildman–Crippen LogP) is 6.71. The smallest absolute Gasteiger partial charge is 0.138 e. The van der Waals surface area contributed by atoms with Crippen molar-refractivity contribution in [1.29, 1.82) is 0 Å². The maximum absolute atomic E-state index is 14.8. The van der Waals surface area contributed by atoms with Gasteiger partial charge in [0.15, 0.2) is 0 Å². The molecule has 0 unspecified atom stereocenters. The van der Waals surface area contributed by atoms with Crippen LogP contribution in [-0.4, -0.2) is 54.7 Å². The molecule has 0 atom stereocenters. The topological polar surface area (TPSA) is 86.4 Å². The van der Waals surface area contributed by atoms with E-state index in [4.69, 9.17) is 4.98 Å². The lowest BCUT2D eigenvalue weighted by molar-refractivity contribution is 0.334. The molecule has 6 heterocycles. The van der Waals surface area contributed by atoms with E-state index >= 15 is 0 Å². The molecule has 0 saturated carbocycles. The quantitative estimate of drug-likeness (QED) is 0.239. The first-order chi connectivity index (χ1) is 19.6. The van der Waals surface area contributed by atoms with Gasteiger partial charge in [0.2, 0.25) is 0 Å². The number of H-pyrrole nitrogens is 2. The highest BCUT2D eigenvalue weighted by atomic mass is 19.1.